The Morgan fingerprint density at radius 2 is 1.45 bits per heavy atom. The third-order valence-electron chi connectivity index (χ3n) is 5.89. The molecule has 0 saturated carbocycles. The lowest BCUT2D eigenvalue weighted by Crippen LogP contribution is -3.28. The van der Waals surface area contributed by atoms with E-state index in [1.807, 2.05) is 0 Å². The molecular weight excluding hydrogens is 439 g/mol. The van der Waals surface area contributed by atoms with E-state index in [1.165, 1.54) is 11.3 Å². The van der Waals surface area contributed by atoms with E-state index in [0.717, 1.165) is 49.8 Å². The van der Waals surface area contributed by atoms with E-state index in [1.54, 1.807) is 38.2 Å². The van der Waals surface area contributed by atoms with Crippen LogP contribution in [0.4, 0.5) is 5.69 Å². The Bertz CT molecular complexity index is 780. The van der Waals surface area contributed by atoms with Gasteiger partial charge in [0.15, 0.2) is 11.5 Å². The largest absolute Gasteiger partial charge is 0.497 e. The first-order valence-corrected chi connectivity index (χ1v) is 10.2. The maximum absolute atomic E-state index is 5.48. The highest BCUT2D eigenvalue weighted by Gasteiger charge is 2.31. The smallest absolute Gasteiger partial charge is 0.203 e. The number of benzene rings is 2. The minimum absolute atomic E-state index is 0. The van der Waals surface area contributed by atoms with Gasteiger partial charge in [-0.2, -0.15) is 0 Å². The van der Waals surface area contributed by atoms with E-state index in [9.17, 15) is 0 Å². The lowest BCUT2D eigenvalue weighted by Gasteiger charge is -2.34. The van der Waals surface area contributed by atoms with Crippen LogP contribution in [0.15, 0.2) is 36.4 Å². The summed E-state index contributed by atoms with van der Waals surface area (Å²) in [6.45, 7) is 6.90. The highest BCUT2D eigenvalue weighted by molar-refractivity contribution is 5.85. The van der Waals surface area contributed by atoms with Crippen LogP contribution in [0.1, 0.15) is 12.5 Å². The molecule has 8 heteroatoms. The summed E-state index contributed by atoms with van der Waals surface area (Å²) in [6, 6.07) is 13.2. The summed E-state index contributed by atoms with van der Waals surface area (Å²) < 4.78 is 21.7. The van der Waals surface area contributed by atoms with Crippen molar-refractivity contribution in [2.45, 2.75) is 19.4 Å². The van der Waals surface area contributed by atoms with Gasteiger partial charge in [-0.05, 0) is 36.8 Å². The molecule has 31 heavy (non-hydrogen) atoms. The quantitative estimate of drug-likeness (QED) is 0.609. The molecule has 2 N–H and O–H groups in total. The molecule has 1 aliphatic rings. The second-order valence-electron chi connectivity index (χ2n) is 7.64. The Morgan fingerprint density at radius 3 is 1.94 bits per heavy atom. The minimum atomic E-state index is 0. The fourth-order valence-corrected chi connectivity index (χ4v) is 4.28. The Morgan fingerprint density at radius 1 is 0.839 bits per heavy atom. The van der Waals surface area contributed by atoms with Gasteiger partial charge in [-0.3, -0.25) is 4.90 Å². The van der Waals surface area contributed by atoms with Crippen molar-refractivity contribution in [2.75, 3.05) is 54.6 Å². The molecule has 2 aromatic carbocycles. The molecule has 0 bridgehead atoms. The van der Waals surface area contributed by atoms with E-state index < -0.39 is 0 Å². The number of ether oxygens (including phenoxy) is 4. The normalized spacial score (nSPS) is 20.1. The van der Waals surface area contributed by atoms with Crippen molar-refractivity contribution in [3.8, 4) is 23.0 Å². The van der Waals surface area contributed by atoms with Crippen molar-refractivity contribution in [3.63, 3.8) is 0 Å². The fourth-order valence-electron chi connectivity index (χ4n) is 4.28. The van der Waals surface area contributed by atoms with E-state index in [2.05, 4.69) is 43.3 Å². The summed E-state index contributed by atoms with van der Waals surface area (Å²) in [5, 5.41) is 0. The third-order valence-corrected chi connectivity index (χ3v) is 5.89. The summed E-state index contributed by atoms with van der Waals surface area (Å²) in [5.41, 5.74) is 2.56. The number of nitrogens with one attached hydrogen (secondary N) is 2. The molecule has 0 spiro atoms. The predicted molar refractivity (Wildman–Crippen MR) is 128 cm³/mol. The van der Waals surface area contributed by atoms with Crippen LogP contribution >= 0.6 is 24.8 Å². The summed E-state index contributed by atoms with van der Waals surface area (Å²) in [6.07, 6.45) is 0.983. The number of halogens is 2. The van der Waals surface area contributed by atoms with Gasteiger partial charge in [0.05, 0.1) is 35.0 Å². The van der Waals surface area contributed by atoms with Crippen molar-refractivity contribution < 1.29 is 28.7 Å². The zero-order valence-corrected chi connectivity index (χ0v) is 20.7. The SMILES string of the molecule is COc1ccc([NH+]2CC[NH+](CCc3cc(OC)c(OC)c(OC)c3)CC2C)cc1.Cl.Cl. The van der Waals surface area contributed by atoms with Gasteiger partial charge in [-0.1, -0.05) is 0 Å². The topological polar surface area (TPSA) is 45.8 Å². The maximum Gasteiger partial charge on any atom is 0.203 e. The number of quaternary nitrogens is 2. The van der Waals surface area contributed by atoms with Crippen LogP contribution < -0.4 is 28.7 Å². The Balaban J connectivity index is 0.00000240. The van der Waals surface area contributed by atoms with Gasteiger partial charge in [0.2, 0.25) is 5.75 Å². The predicted octanol–water partition coefficient (Wildman–Crippen LogP) is 1.61. The molecule has 2 aromatic rings. The highest BCUT2D eigenvalue weighted by Crippen LogP contribution is 2.38. The van der Waals surface area contributed by atoms with Gasteiger partial charge >= 0.3 is 0 Å². The molecule has 1 heterocycles. The lowest BCUT2D eigenvalue weighted by molar-refractivity contribution is -1.00. The van der Waals surface area contributed by atoms with Crippen molar-refractivity contribution in [1.82, 2.24) is 0 Å². The Kier molecular flexibility index (Phi) is 11.3. The molecule has 3 rings (SSSR count). The number of hydrogen-bond acceptors (Lipinski definition) is 4. The second-order valence-corrected chi connectivity index (χ2v) is 7.64. The number of methoxy groups -OCH3 is 4. The van der Waals surface area contributed by atoms with Crippen molar-refractivity contribution in [3.05, 3.63) is 42.0 Å². The van der Waals surface area contributed by atoms with Gasteiger partial charge in [0.1, 0.15) is 37.1 Å². The highest BCUT2D eigenvalue weighted by atomic mass is 35.5. The summed E-state index contributed by atoms with van der Waals surface area (Å²) in [4.78, 5) is 3.20. The third kappa shape index (κ3) is 6.56. The standard InChI is InChI=1S/C23H32N2O4.2ClH/c1-17-16-24(12-13-25(17)19-6-8-20(26-2)9-7-19)11-10-18-14-21(27-3)23(29-5)22(15-18)28-4;;/h6-9,14-15,17H,10-13,16H2,1-5H3;2*1H/p+2. The molecule has 0 aliphatic carbocycles. The summed E-state index contributed by atoms with van der Waals surface area (Å²) in [5.74, 6) is 3.00. The Labute approximate surface area is 198 Å². The van der Waals surface area contributed by atoms with Crippen molar-refractivity contribution in [1.29, 1.82) is 0 Å². The first-order chi connectivity index (χ1) is 14.1. The van der Waals surface area contributed by atoms with Crippen LogP contribution in [0.25, 0.3) is 0 Å². The molecule has 1 aliphatic heterocycles. The molecule has 3 unspecified atom stereocenters. The molecule has 0 aromatic heterocycles. The van der Waals surface area contributed by atoms with Crippen LogP contribution in [-0.4, -0.2) is 60.7 Å². The monoisotopic (exact) mass is 474 g/mol. The Hall–Kier alpha value is -1.86. The zero-order chi connectivity index (χ0) is 20.8. The number of hydrogen-bond donors (Lipinski definition) is 2. The molecule has 3 atom stereocenters. The van der Waals surface area contributed by atoms with Gasteiger partial charge in [-0.15, -0.1) is 24.8 Å². The van der Waals surface area contributed by atoms with E-state index >= 15 is 0 Å². The van der Waals surface area contributed by atoms with Gasteiger partial charge in [0.25, 0.3) is 0 Å². The number of piperazine rings is 1. The van der Waals surface area contributed by atoms with E-state index in [4.69, 9.17) is 18.9 Å². The fraction of sp³-hybridized carbons (Fsp3) is 0.478. The van der Waals surface area contributed by atoms with Crippen LogP contribution in [0.2, 0.25) is 0 Å². The first kappa shape index (κ1) is 27.2. The van der Waals surface area contributed by atoms with Crippen LogP contribution in [0.3, 0.4) is 0 Å². The van der Waals surface area contributed by atoms with Gasteiger partial charge in [0, 0.05) is 18.6 Å². The number of rotatable bonds is 8. The van der Waals surface area contributed by atoms with Crippen LogP contribution in [0, 0.1) is 0 Å². The molecule has 1 saturated heterocycles. The van der Waals surface area contributed by atoms with Crippen LogP contribution in [-0.2, 0) is 6.42 Å². The molecule has 1 fully saturated rings. The average molecular weight is 475 g/mol. The first-order valence-electron chi connectivity index (χ1n) is 10.2. The molecule has 0 amide bonds. The lowest BCUT2D eigenvalue weighted by atomic mass is 10.1. The summed E-state index contributed by atoms with van der Waals surface area (Å²) in [7, 11) is 6.67. The maximum atomic E-state index is 5.48. The molecule has 0 radical (unpaired) electrons. The van der Waals surface area contributed by atoms with E-state index in [0.29, 0.717) is 11.8 Å². The molecule has 174 valence electrons. The molecule has 6 nitrogen and oxygen atoms in total. The molecular formula is C23H36Cl2N2O4+2. The van der Waals surface area contributed by atoms with Gasteiger partial charge in [-0.25, -0.2) is 0 Å². The average Bonchev–Trinajstić information content (AvgIpc) is 2.77. The van der Waals surface area contributed by atoms with Gasteiger partial charge < -0.3 is 23.8 Å². The van der Waals surface area contributed by atoms with Crippen molar-refractivity contribution >= 4 is 30.5 Å². The second kappa shape index (κ2) is 12.9. The minimum Gasteiger partial charge on any atom is -0.497 e. The summed E-state index contributed by atoms with van der Waals surface area (Å²) >= 11 is 0. The zero-order valence-electron chi connectivity index (χ0n) is 19.0. The van der Waals surface area contributed by atoms with Crippen LogP contribution in [0.5, 0.6) is 23.0 Å². The van der Waals surface area contributed by atoms with E-state index in [-0.39, 0.29) is 24.8 Å². The van der Waals surface area contributed by atoms with Crippen molar-refractivity contribution in [2.24, 2.45) is 0 Å².